The van der Waals surface area contributed by atoms with Crippen molar-refractivity contribution in [3.8, 4) is 5.75 Å². The van der Waals surface area contributed by atoms with Crippen LogP contribution in [0.4, 0.5) is 4.39 Å². The number of nitrogens with one attached hydrogen (secondary N) is 1. The summed E-state index contributed by atoms with van der Waals surface area (Å²) >= 11 is 12.1. The van der Waals surface area contributed by atoms with E-state index >= 15 is 0 Å². The fourth-order valence-electron chi connectivity index (χ4n) is 2.09. The van der Waals surface area contributed by atoms with Crippen LogP contribution in [0, 0.1) is 5.82 Å². The van der Waals surface area contributed by atoms with Crippen molar-refractivity contribution in [3.05, 3.63) is 63.4 Å². The van der Waals surface area contributed by atoms with Gasteiger partial charge in [-0.2, -0.15) is 0 Å². The largest absolute Gasteiger partial charge is 0.494 e. The van der Waals surface area contributed by atoms with E-state index in [1.807, 2.05) is 13.1 Å². The Kier molecular flexibility index (Phi) is 4.86. The Morgan fingerprint density at radius 2 is 1.90 bits per heavy atom. The molecule has 5 heteroatoms. The van der Waals surface area contributed by atoms with Crippen LogP contribution in [0.15, 0.2) is 36.4 Å². The van der Waals surface area contributed by atoms with Gasteiger partial charge in [-0.1, -0.05) is 35.3 Å². The molecule has 106 valence electrons. The molecule has 0 spiro atoms. The Labute approximate surface area is 127 Å². The fraction of sp³-hybridized carbons (Fsp3) is 0.200. The first-order valence-electron chi connectivity index (χ1n) is 6.02. The van der Waals surface area contributed by atoms with Crippen LogP contribution in [0.3, 0.4) is 0 Å². The van der Waals surface area contributed by atoms with E-state index in [9.17, 15) is 4.39 Å². The number of rotatable bonds is 4. The monoisotopic (exact) mass is 313 g/mol. The molecule has 0 fully saturated rings. The van der Waals surface area contributed by atoms with E-state index in [1.165, 1.54) is 13.2 Å². The Morgan fingerprint density at radius 1 is 1.15 bits per heavy atom. The van der Waals surface area contributed by atoms with Gasteiger partial charge in [0.25, 0.3) is 0 Å². The van der Waals surface area contributed by atoms with Gasteiger partial charge in [-0.25, -0.2) is 4.39 Å². The van der Waals surface area contributed by atoms with Crippen LogP contribution in [-0.2, 0) is 0 Å². The standard InChI is InChI=1S/C15H14Cl2FNO/c1-19-15(11-5-4-10(16)8-12(11)17)9-3-6-13(18)14(7-9)20-2/h3-8,15,19H,1-2H3. The molecule has 0 aromatic heterocycles. The van der Waals surface area contributed by atoms with E-state index in [4.69, 9.17) is 27.9 Å². The molecule has 0 aliphatic heterocycles. The summed E-state index contributed by atoms with van der Waals surface area (Å²) in [5.74, 6) is -0.193. The van der Waals surface area contributed by atoms with Gasteiger partial charge in [0.05, 0.1) is 13.2 Å². The van der Waals surface area contributed by atoms with Crippen molar-refractivity contribution in [2.75, 3.05) is 14.2 Å². The number of benzene rings is 2. The molecule has 0 aliphatic rings. The SMILES string of the molecule is CNC(c1ccc(F)c(OC)c1)c1ccc(Cl)cc1Cl. The predicted octanol–water partition coefficient (Wildman–Crippen LogP) is 4.45. The summed E-state index contributed by atoms with van der Waals surface area (Å²) in [7, 11) is 3.25. The minimum atomic E-state index is -0.395. The smallest absolute Gasteiger partial charge is 0.165 e. The van der Waals surface area contributed by atoms with Gasteiger partial charge in [-0.05, 0) is 42.4 Å². The van der Waals surface area contributed by atoms with E-state index in [2.05, 4.69) is 5.32 Å². The van der Waals surface area contributed by atoms with Gasteiger partial charge in [-0.15, -0.1) is 0 Å². The lowest BCUT2D eigenvalue weighted by atomic mass is 9.98. The van der Waals surface area contributed by atoms with Crippen molar-refractivity contribution in [2.24, 2.45) is 0 Å². The molecule has 0 heterocycles. The van der Waals surface area contributed by atoms with Crippen molar-refractivity contribution in [2.45, 2.75) is 6.04 Å². The van der Waals surface area contributed by atoms with Gasteiger partial charge < -0.3 is 10.1 Å². The average Bonchev–Trinajstić information content (AvgIpc) is 2.43. The first kappa shape index (κ1) is 15.1. The van der Waals surface area contributed by atoms with Gasteiger partial charge in [-0.3, -0.25) is 0 Å². The summed E-state index contributed by atoms with van der Waals surface area (Å²) in [4.78, 5) is 0. The quantitative estimate of drug-likeness (QED) is 0.900. The zero-order valence-corrected chi connectivity index (χ0v) is 12.6. The second-order valence-corrected chi connectivity index (χ2v) is 5.13. The third-order valence-electron chi connectivity index (χ3n) is 3.07. The summed E-state index contributed by atoms with van der Waals surface area (Å²) < 4.78 is 18.5. The number of ether oxygens (including phenoxy) is 1. The van der Waals surface area contributed by atoms with Crippen molar-refractivity contribution in [1.82, 2.24) is 5.32 Å². The van der Waals surface area contributed by atoms with E-state index in [0.29, 0.717) is 10.0 Å². The first-order chi connectivity index (χ1) is 9.56. The highest BCUT2D eigenvalue weighted by Crippen LogP contribution is 2.32. The number of hydrogen-bond donors (Lipinski definition) is 1. The minimum Gasteiger partial charge on any atom is -0.494 e. The Bertz CT molecular complexity index is 619. The number of methoxy groups -OCH3 is 1. The lowest BCUT2D eigenvalue weighted by Crippen LogP contribution is -2.18. The number of halogens is 3. The van der Waals surface area contributed by atoms with Gasteiger partial charge >= 0.3 is 0 Å². The molecule has 0 bridgehead atoms. The lowest BCUT2D eigenvalue weighted by Gasteiger charge is -2.19. The van der Waals surface area contributed by atoms with Crippen LogP contribution in [0.2, 0.25) is 10.0 Å². The topological polar surface area (TPSA) is 21.3 Å². The molecule has 2 aromatic rings. The van der Waals surface area contributed by atoms with E-state index in [-0.39, 0.29) is 11.8 Å². The molecule has 2 rings (SSSR count). The van der Waals surface area contributed by atoms with Gasteiger partial charge in [0.15, 0.2) is 11.6 Å². The zero-order chi connectivity index (χ0) is 14.7. The Hall–Kier alpha value is -1.29. The lowest BCUT2D eigenvalue weighted by molar-refractivity contribution is 0.385. The average molecular weight is 314 g/mol. The van der Waals surface area contributed by atoms with Crippen LogP contribution >= 0.6 is 23.2 Å². The molecule has 0 saturated heterocycles. The van der Waals surface area contributed by atoms with Gasteiger partial charge in [0.2, 0.25) is 0 Å². The normalized spacial score (nSPS) is 12.2. The summed E-state index contributed by atoms with van der Waals surface area (Å²) in [6, 6.07) is 9.86. The third kappa shape index (κ3) is 3.06. The van der Waals surface area contributed by atoms with Crippen LogP contribution in [0.1, 0.15) is 17.2 Å². The Balaban J connectivity index is 2.46. The second kappa shape index (κ2) is 6.44. The molecule has 0 saturated carbocycles. The van der Waals surface area contributed by atoms with Crippen molar-refractivity contribution in [1.29, 1.82) is 0 Å². The van der Waals surface area contributed by atoms with Crippen LogP contribution < -0.4 is 10.1 Å². The zero-order valence-electron chi connectivity index (χ0n) is 11.1. The van der Waals surface area contributed by atoms with Crippen molar-refractivity contribution >= 4 is 23.2 Å². The summed E-state index contributed by atoms with van der Waals surface area (Å²) in [5, 5.41) is 4.29. The maximum atomic E-state index is 13.5. The Morgan fingerprint density at radius 3 is 2.50 bits per heavy atom. The van der Waals surface area contributed by atoms with Gasteiger partial charge in [0.1, 0.15) is 0 Å². The highest BCUT2D eigenvalue weighted by Gasteiger charge is 2.17. The summed E-state index contributed by atoms with van der Waals surface area (Å²) in [6.45, 7) is 0. The summed E-state index contributed by atoms with van der Waals surface area (Å²) in [6.07, 6.45) is 0. The van der Waals surface area contributed by atoms with Crippen LogP contribution in [0.25, 0.3) is 0 Å². The summed E-state index contributed by atoms with van der Waals surface area (Å²) in [5.41, 5.74) is 1.72. The molecule has 1 atom stereocenters. The number of hydrogen-bond acceptors (Lipinski definition) is 2. The molecule has 0 amide bonds. The molecule has 2 nitrogen and oxygen atoms in total. The molecule has 0 aliphatic carbocycles. The van der Waals surface area contributed by atoms with Crippen molar-refractivity contribution < 1.29 is 9.13 Å². The van der Waals surface area contributed by atoms with Crippen LogP contribution in [-0.4, -0.2) is 14.2 Å². The second-order valence-electron chi connectivity index (χ2n) is 4.28. The highest BCUT2D eigenvalue weighted by molar-refractivity contribution is 6.35. The highest BCUT2D eigenvalue weighted by atomic mass is 35.5. The third-order valence-corrected chi connectivity index (χ3v) is 3.63. The maximum absolute atomic E-state index is 13.5. The van der Waals surface area contributed by atoms with Gasteiger partial charge in [0, 0.05) is 10.0 Å². The first-order valence-corrected chi connectivity index (χ1v) is 6.78. The molecule has 1 unspecified atom stereocenters. The van der Waals surface area contributed by atoms with E-state index in [1.54, 1.807) is 24.3 Å². The molecular weight excluding hydrogens is 300 g/mol. The molecular formula is C15H14Cl2FNO. The fourth-order valence-corrected chi connectivity index (χ4v) is 2.61. The molecule has 1 N–H and O–H groups in total. The molecule has 0 radical (unpaired) electrons. The molecule has 20 heavy (non-hydrogen) atoms. The van der Waals surface area contributed by atoms with Crippen molar-refractivity contribution in [3.63, 3.8) is 0 Å². The molecule has 2 aromatic carbocycles. The van der Waals surface area contributed by atoms with E-state index in [0.717, 1.165) is 11.1 Å². The van der Waals surface area contributed by atoms with E-state index < -0.39 is 5.82 Å². The predicted molar refractivity (Wildman–Crippen MR) is 80.3 cm³/mol. The maximum Gasteiger partial charge on any atom is 0.165 e. The van der Waals surface area contributed by atoms with Crippen LogP contribution in [0.5, 0.6) is 5.75 Å². The minimum absolute atomic E-state index is 0.172.